The van der Waals surface area contributed by atoms with E-state index in [2.05, 4.69) is 10.3 Å². The number of amides is 3. The van der Waals surface area contributed by atoms with E-state index < -0.39 is 4.92 Å². The Morgan fingerprint density at radius 2 is 1.71 bits per heavy atom. The molecule has 0 saturated carbocycles. The SMILES string of the molecule is O=C(CCCN1C(=O)c2ccccc2C1=O)Nc1nc(-c2ccc([N+](=O)[O-])cc2)cs1. The molecule has 0 fully saturated rings. The zero-order valence-electron chi connectivity index (χ0n) is 16.1. The Labute approximate surface area is 180 Å². The van der Waals surface area contributed by atoms with Crippen molar-refractivity contribution in [1.29, 1.82) is 0 Å². The third-order valence-electron chi connectivity index (χ3n) is 4.79. The summed E-state index contributed by atoms with van der Waals surface area (Å²) in [6.07, 6.45) is 0.456. The number of hydrogen-bond donors (Lipinski definition) is 1. The number of benzene rings is 2. The maximum atomic E-state index is 12.3. The van der Waals surface area contributed by atoms with E-state index in [1.807, 2.05) is 0 Å². The van der Waals surface area contributed by atoms with Gasteiger partial charge in [-0.15, -0.1) is 11.3 Å². The van der Waals surface area contributed by atoms with Crippen LogP contribution in [-0.4, -0.2) is 39.1 Å². The lowest BCUT2D eigenvalue weighted by molar-refractivity contribution is -0.384. The van der Waals surface area contributed by atoms with E-state index in [4.69, 9.17) is 0 Å². The largest absolute Gasteiger partial charge is 0.302 e. The third-order valence-corrected chi connectivity index (χ3v) is 5.55. The predicted octanol–water partition coefficient (Wildman–Crippen LogP) is 3.73. The van der Waals surface area contributed by atoms with Crippen molar-refractivity contribution >= 4 is 39.9 Å². The van der Waals surface area contributed by atoms with E-state index in [1.54, 1.807) is 41.8 Å². The molecule has 31 heavy (non-hydrogen) atoms. The second kappa shape index (κ2) is 8.44. The molecule has 0 saturated heterocycles. The number of anilines is 1. The standard InChI is InChI=1S/C21H16N4O5S/c26-18(6-3-11-24-19(27)15-4-1-2-5-16(15)20(24)28)23-21-22-17(12-31-21)13-7-9-14(10-8-13)25(29)30/h1-2,4-5,7-10,12H,3,6,11H2,(H,22,23,26). The summed E-state index contributed by atoms with van der Waals surface area (Å²) in [6.45, 7) is 0.158. The van der Waals surface area contributed by atoms with Crippen LogP contribution in [0.1, 0.15) is 33.6 Å². The molecule has 0 aliphatic carbocycles. The Balaban J connectivity index is 1.30. The van der Waals surface area contributed by atoms with Crippen LogP contribution in [0.3, 0.4) is 0 Å². The molecule has 1 aliphatic rings. The van der Waals surface area contributed by atoms with E-state index in [0.717, 1.165) is 4.90 Å². The highest BCUT2D eigenvalue weighted by molar-refractivity contribution is 7.14. The topological polar surface area (TPSA) is 123 Å². The van der Waals surface area contributed by atoms with Gasteiger partial charge in [-0.05, 0) is 30.7 Å². The summed E-state index contributed by atoms with van der Waals surface area (Å²) in [7, 11) is 0. The summed E-state index contributed by atoms with van der Waals surface area (Å²) in [5.74, 6) is -0.955. The molecule has 0 unspecified atom stereocenters. The molecule has 0 spiro atoms. The lowest BCUT2D eigenvalue weighted by atomic mass is 10.1. The van der Waals surface area contributed by atoms with Gasteiger partial charge in [-0.3, -0.25) is 29.4 Å². The molecule has 2 heterocycles. The van der Waals surface area contributed by atoms with Gasteiger partial charge in [-0.25, -0.2) is 4.98 Å². The number of hydrogen-bond acceptors (Lipinski definition) is 7. The van der Waals surface area contributed by atoms with E-state index >= 15 is 0 Å². The molecule has 3 amide bonds. The first kappa shape index (κ1) is 20.4. The van der Waals surface area contributed by atoms with Gasteiger partial charge < -0.3 is 5.32 Å². The van der Waals surface area contributed by atoms with Crippen molar-refractivity contribution in [3.63, 3.8) is 0 Å². The molecule has 1 aromatic heterocycles. The van der Waals surface area contributed by atoms with Crippen LogP contribution in [0, 0.1) is 10.1 Å². The van der Waals surface area contributed by atoms with Gasteiger partial charge in [0.2, 0.25) is 5.91 Å². The van der Waals surface area contributed by atoms with Crippen molar-refractivity contribution < 1.29 is 19.3 Å². The van der Waals surface area contributed by atoms with Crippen LogP contribution in [0.2, 0.25) is 0 Å². The third kappa shape index (κ3) is 4.19. The average molecular weight is 436 g/mol. The monoisotopic (exact) mass is 436 g/mol. The molecule has 0 bridgehead atoms. The second-order valence-corrected chi connectivity index (χ2v) is 7.66. The van der Waals surface area contributed by atoms with E-state index in [9.17, 15) is 24.5 Å². The van der Waals surface area contributed by atoms with Crippen molar-refractivity contribution in [3.05, 3.63) is 75.2 Å². The first-order chi connectivity index (χ1) is 14.9. The number of aromatic nitrogens is 1. The fraction of sp³-hybridized carbons (Fsp3) is 0.143. The summed E-state index contributed by atoms with van der Waals surface area (Å²) >= 11 is 1.24. The molecule has 1 N–H and O–H groups in total. The van der Waals surface area contributed by atoms with Crippen LogP contribution in [0.25, 0.3) is 11.3 Å². The van der Waals surface area contributed by atoms with Crippen LogP contribution in [-0.2, 0) is 4.79 Å². The highest BCUT2D eigenvalue weighted by atomic mass is 32.1. The van der Waals surface area contributed by atoms with Crippen molar-refractivity contribution in [1.82, 2.24) is 9.88 Å². The molecule has 1 aliphatic heterocycles. The molecular formula is C21H16N4O5S. The van der Waals surface area contributed by atoms with E-state index in [-0.39, 0.29) is 36.4 Å². The van der Waals surface area contributed by atoms with Crippen molar-refractivity contribution in [2.24, 2.45) is 0 Å². The summed E-state index contributed by atoms with van der Waals surface area (Å²) in [5, 5.41) is 15.6. The average Bonchev–Trinajstić information content (AvgIpc) is 3.32. The Bertz CT molecular complexity index is 1150. The number of imide groups is 1. The van der Waals surface area contributed by atoms with Gasteiger partial charge in [-0.1, -0.05) is 12.1 Å². The highest BCUT2D eigenvalue weighted by Crippen LogP contribution is 2.27. The second-order valence-electron chi connectivity index (χ2n) is 6.80. The molecule has 2 aromatic carbocycles. The zero-order valence-corrected chi connectivity index (χ0v) is 16.9. The van der Waals surface area contributed by atoms with Crippen LogP contribution in [0.4, 0.5) is 10.8 Å². The first-order valence-corrected chi connectivity index (χ1v) is 10.3. The van der Waals surface area contributed by atoms with Crippen LogP contribution < -0.4 is 5.32 Å². The quantitative estimate of drug-likeness (QED) is 0.342. The number of fused-ring (bicyclic) bond motifs is 1. The Morgan fingerprint density at radius 3 is 2.32 bits per heavy atom. The molecule has 9 nitrogen and oxygen atoms in total. The van der Waals surface area contributed by atoms with Gasteiger partial charge in [0.25, 0.3) is 17.5 Å². The Morgan fingerprint density at radius 1 is 1.06 bits per heavy atom. The maximum absolute atomic E-state index is 12.3. The highest BCUT2D eigenvalue weighted by Gasteiger charge is 2.34. The fourth-order valence-electron chi connectivity index (χ4n) is 3.24. The molecular weight excluding hydrogens is 420 g/mol. The number of nitro groups is 1. The van der Waals surface area contributed by atoms with Gasteiger partial charge in [0.05, 0.1) is 21.7 Å². The normalized spacial score (nSPS) is 12.7. The van der Waals surface area contributed by atoms with Gasteiger partial charge in [-0.2, -0.15) is 0 Å². The van der Waals surface area contributed by atoms with Gasteiger partial charge in [0, 0.05) is 36.0 Å². The minimum Gasteiger partial charge on any atom is -0.302 e. The van der Waals surface area contributed by atoms with Crippen molar-refractivity contribution in [3.8, 4) is 11.3 Å². The minimum absolute atomic E-state index is 0.00873. The molecule has 10 heteroatoms. The summed E-state index contributed by atoms with van der Waals surface area (Å²) in [4.78, 5) is 52.6. The molecule has 0 atom stereocenters. The molecule has 156 valence electrons. The number of nitro benzene ring substituents is 1. The number of carbonyl (C=O) groups is 3. The predicted molar refractivity (Wildman–Crippen MR) is 114 cm³/mol. The summed E-state index contributed by atoms with van der Waals surface area (Å²) < 4.78 is 0. The lowest BCUT2D eigenvalue weighted by Gasteiger charge is -2.13. The lowest BCUT2D eigenvalue weighted by Crippen LogP contribution is -2.31. The number of nitrogens with one attached hydrogen (secondary N) is 1. The van der Waals surface area contributed by atoms with Gasteiger partial charge >= 0.3 is 0 Å². The van der Waals surface area contributed by atoms with Gasteiger partial charge in [0.15, 0.2) is 5.13 Å². The van der Waals surface area contributed by atoms with Crippen LogP contribution in [0.15, 0.2) is 53.9 Å². The zero-order chi connectivity index (χ0) is 22.0. The molecule has 4 rings (SSSR count). The number of non-ortho nitro benzene ring substituents is 1. The van der Waals surface area contributed by atoms with Crippen molar-refractivity contribution in [2.75, 3.05) is 11.9 Å². The number of nitrogens with zero attached hydrogens (tertiary/aromatic N) is 3. The van der Waals surface area contributed by atoms with Crippen molar-refractivity contribution in [2.45, 2.75) is 12.8 Å². The van der Waals surface area contributed by atoms with E-state index in [1.165, 1.54) is 23.5 Å². The Hall–Kier alpha value is -3.92. The summed E-state index contributed by atoms with van der Waals surface area (Å²) in [6, 6.07) is 12.6. The van der Waals surface area contributed by atoms with Crippen LogP contribution >= 0.6 is 11.3 Å². The maximum Gasteiger partial charge on any atom is 0.269 e. The summed E-state index contributed by atoms with van der Waals surface area (Å²) in [5.41, 5.74) is 2.07. The smallest absolute Gasteiger partial charge is 0.269 e. The number of rotatable bonds is 7. The minimum atomic E-state index is -0.474. The first-order valence-electron chi connectivity index (χ1n) is 9.39. The Kier molecular flexibility index (Phi) is 5.54. The van der Waals surface area contributed by atoms with Gasteiger partial charge in [0.1, 0.15) is 0 Å². The molecule has 0 radical (unpaired) electrons. The fourth-order valence-corrected chi connectivity index (χ4v) is 3.98. The molecule has 3 aromatic rings. The number of thiazole rings is 1. The number of carbonyl (C=O) groups excluding carboxylic acids is 3. The van der Waals surface area contributed by atoms with Crippen LogP contribution in [0.5, 0.6) is 0 Å². The van der Waals surface area contributed by atoms with E-state index in [0.29, 0.717) is 33.9 Å².